The summed E-state index contributed by atoms with van der Waals surface area (Å²) in [6, 6.07) is 3.98. The van der Waals surface area contributed by atoms with E-state index in [0.717, 1.165) is 30.8 Å². The topological polar surface area (TPSA) is 45.2 Å². The summed E-state index contributed by atoms with van der Waals surface area (Å²) < 4.78 is 0. The molecule has 4 nitrogen and oxygen atoms in total. The monoisotopic (exact) mass is 275 g/mol. The minimum absolute atomic E-state index is 0.127. The Morgan fingerprint density at radius 1 is 1.20 bits per heavy atom. The van der Waals surface area contributed by atoms with Gasteiger partial charge in [-0.1, -0.05) is 45.1 Å². The number of fused-ring (bicyclic) bond motifs is 1. The number of pyridine rings is 1. The van der Waals surface area contributed by atoms with Gasteiger partial charge in [-0.15, -0.1) is 0 Å². The summed E-state index contributed by atoms with van der Waals surface area (Å²) in [4.78, 5) is 16.3. The Kier molecular flexibility index (Phi) is 5.99. The molecule has 0 saturated carbocycles. The summed E-state index contributed by atoms with van der Waals surface area (Å²) in [6.45, 7) is 3.07. The molecule has 1 aliphatic heterocycles. The van der Waals surface area contributed by atoms with E-state index in [1.165, 1.54) is 32.1 Å². The van der Waals surface area contributed by atoms with Crippen molar-refractivity contribution in [3.63, 3.8) is 0 Å². The number of rotatable bonds is 8. The lowest BCUT2D eigenvalue weighted by Gasteiger charge is -2.28. The van der Waals surface area contributed by atoms with E-state index in [-0.39, 0.29) is 5.91 Å². The van der Waals surface area contributed by atoms with E-state index in [4.69, 9.17) is 0 Å². The summed E-state index contributed by atoms with van der Waals surface area (Å²) in [5.41, 5.74) is 4.39. The lowest BCUT2D eigenvalue weighted by Crippen LogP contribution is -2.46. The number of hydrazine groups is 1. The standard InChI is InChI=1S/C16H25N3O/c1-2-3-4-5-6-7-13-18-19-15(20)11-10-14-9-8-12-17-16(14)19/h8-9,12,18H,2-7,10-11,13H2,1H3. The Labute approximate surface area is 121 Å². The predicted molar refractivity (Wildman–Crippen MR) is 81.4 cm³/mol. The Balaban J connectivity index is 1.76. The van der Waals surface area contributed by atoms with Crippen LogP contribution in [0.2, 0.25) is 0 Å². The minimum Gasteiger partial charge on any atom is -0.273 e. The van der Waals surface area contributed by atoms with E-state index in [9.17, 15) is 4.79 Å². The molecule has 0 bridgehead atoms. The first-order valence-electron chi connectivity index (χ1n) is 7.83. The highest BCUT2D eigenvalue weighted by Gasteiger charge is 2.24. The van der Waals surface area contributed by atoms with Gasteiger partial charge in [0.15, 0.2) is 5.82 Å². The summed E-state index contributed by atoms with van der Waals surface area (Å²) in [7, 11) is 0. The van der Waals surface area contributed by atoms with Crippen LogP contribution in [0.15, 0.2) is 18.3 Å². The average molecular weight is 275 g/mol. The number of anilines is 1. The van der Waals surface area contributed by atoms with Gasteiger partial charge in [0.05, 0.1) is 0 Å². The molecule has 0 aromatic carbocycles. The first kappa shape index (κ1) is 15.0. The second kappa shape index (κ2) is 8.00. The maximum atomic E-state index is 12.0. The molecule has 0 unspecified atom stereocenters. The molecule has 0 saturated heterocycles. The van der Waals surface area contributed by atoms with Crippen molar-refractivity contribution in [1.82, 2.24) is 10.4 Å². The van der Waals surface area contributed by atoms with Crippen LogP contribution in [0.5, 0.6) is 0 Å². The fourth-order valence-corrected chi connectivity index (χ4v) is 2.56. The van der Waals surface area contributed by atoms with Gasteiger partial charge in [-0.3, -0.25) is 4.79 Å². The van der Waals surface area contributed by atoms with Crippen molar-refractivity contribution in [3.05, 3.63) is 23.9 Å². The lowest BCUT2D eigenvalue weighted by atomic mass is 10.1. The number of aryl methyl sites for hydroxylation is 1. The van der Waals surface area contributed by atoms with Crippen LogP contribution < -0.4 is 10.4 Å². The van der Waals surface area contributed by atoms with Gasteiger partial charge < -0.3 is 0 Å². The zero-order valence-electron chi connectivity index (χ0n) is 12.4. The lowest BCUT2D eigenvalue weighted by molar-refractivity contribution is -0.119. The third kappa shape index (κ3) is 4.04. The fraction of sp³-hybridized carbons (Fsp3) is 0.625. The Bertz CT molecular complexity index is 433. The number of nitrogens with one attached hydrogen (secondary N) is 1. The molecule has 1 aromatic rings. The highest BCUT2D eigenvalue weighted by atomic mass is 16.2. The second-order valence-corrected chi connectivity index (χ2v) is 5.39. The number of amides is 1. The van der Waals surface area contributed by atoms with Crippen LogP contribution in [0, 0.1) is 0 Å². The normalized spacial score (nSPS) is 14.4. The van der Waals surface area contributed by atoms with Gasteiger partial charge in [0.25, 0.3) is 0 Å². The van der Waals surface area contributed by atoms with Crippen molar-refractivity contribution >= 4 is 11.7 Å². The number of unbranched alkanes of at least 4 members (excludes halogenated alkanes) is 5. The zero-order chi connectivity index (χ0) is 14.2. The molecule has 4 heteroatoms. The maximum absolute atomic E-state index is 12.0. The summed E-state index contributed by atoms with van der Waals surface area (Å²) in [6.07, 6.45) is 10.7. The van der Waals surface area contributed by atoms with Gasteiger partial charge in [-0.05, 0) is 24.5 Å². The molecule has 1 aromatic heterocycles. The van der Waals surface area contributed by atoms with Crippen LogP contribution in [0.3, 0.4) is 0 Å². The molecule has 20 heavy (non-hydrogen) atoms. The van der Waals surface area contributed by atoms with Crippen LogP contribution in [-0.2, 0) is 11.2 Å². The largest absolute Gasteiger partial charge is 0.273 e. The second-order valence-electron chi connectivity index (χ2n) is 5.39. The van der Waals surface area contributed by atoms with E-state index in [1.807, 2.05) is 12.1 Å². The number of carbonyl (C=O) groups excluding carboxylic acids is 1. The molecule has 1 aliphatic rings. The summed E-state index contributed by atoms with van der Waals surface area (Å²) in [5, 5.41) is 1.64. The number of aromatic nitrogens is 1. The smallest absolute Gasteiger partial charge is 0.243 e. The van der Waals surface area contributed by atoms with Crippen molar-refractivity contribution in [2.75, 3.05) is 11.6 Å². The van der Waals surface area contributed by atoms with Gasteiger partial charge in [-0.25, -0.2) is 15.4 Å². The number of carbonyl (C=O) groups is 1. The Hall–Kier alpha value is -1.42. The molecular weight excluding hydrogens is 250 g/mol. The fourth-order valence-electron chi connectivity index (χ4n) is 2.56. The molecule has 0 spiro atoms. The molecule has 1 N–H and O–H groups in total. The number of hydrogen-bond donors (Lipinski definition) is 1. The van der Waals surface area contributed by atoms with Gasteiger partial charge in [0.2, 0.25) is 5.91 Å². The highest BCUT2D eigenvalue weighted by molar-refractivity contribution is 5.94. The Morgan fingerprint density at radius 3 is 2.85 bits per heavy atom. The van der Waals surface area contributed by atoms with E-state index in [1.54, 1.807) is 11.2 Å². The quantitative estimate of drug-likeness (QED) is 0.741. The van der Waals surface area contributed by atoms with Gasteiger partial charge >= 0.3 is 0 Å². The van der Waals surface area contributed by atoms with Crippen molar-refractivity contribution in [3.8, 4) is 0 Å². The molecule has 0 atom stereocenters. The SMILES string of the molecule is CCCCCCCCNN1C(=O)CCc2cccnc21. The average Bonchev–Trinajstić information content (AvgIpc) is 2.48. The zero-order valence-corrected chi connectivity index (χ0v) is 12.4. The number of hydrogen-bond acceptors (Lipinski definition) is 3. The summed E-state index contributed by atoms with van der Waals surface area (Å²) >= 11 is 0. The van der Waals surface area contributed by atoms with Crippen molar-refractivity contribution in [2.45, 2.75) is 58.3 Å². The molecule has 2 rings (SSSR count). The van der Waals surface area contributed by atoms with E-state index < -0.39 is 0 Å². The molecule has 0 radical (unpaired) electrons. The molecule has 110 valence electrons. The van der Waals surface area contributed by atoms with Crippen LogP contribution in [0.1, 0.15) is 57.4 Å². The van der Waals surface area contributed by atoms with Gasteiger partial charge in [-0.2, -0.15) is 0 Å². The third-order valence-corrected chi connectivity index (χ3v) is 3.74. The first-order chi connectivity index (χ1) is 9.83. The predicted octanol–water partition coefficient (Wildman–Crippen LogP) is 3.23. The Morgan fingerprint density at radius 2 is 2.00 bits per heavy atom. The molecule has 0 aliphatic carbocycles. The highest BCUT2D eigenvalue weighted by Crippen LogP contribution is 2.23. The molecule has 1 amide bonds. The van der Waals surface area contributed by atoms with Gasteiger partial charge in [0, 0.05) is 19.2 Å². The van der Waals surface area contributed by atoms with Crippen molar-refractivity contribution in [1.29, 1.82) is 0 Å². The van der Waals surface area contributed by atoms with Crippen LogP contribution in [-0.4, -0.2) is 17.4 Å². The van der Waals surface area contributed by atoms with E-state index >= 15 is 0 Å². The summed E-state index contributed by atoms with van der Waals surface area (Å²) in [5.74, 6) is 0.914. The molecular formula is C16H25N3O. The van der Waals surface area contributed by atoms with Crippen LogP contribution in [0.4, 0.5) is 5.82 Å². The molecule has 0 fully saturated rings. The first-order valence-corrected chi connectivity index (χ1v) is 7.83. The number of nitrogens with zero attached hydrogens (tertiary/aromatic N) is 2. The van der Waals surface area contributed by atoms with Crippen LogP contribution in [0.25, 0.3) is 0 Å². The van der Waals surface area contributed by atoms with Crippen molar-refractivity contribution < 1.29 is 4.79 Å². The van der Waals surface area contributed by atoms with E-state index in [2.05, 4.69) is 17.3 Å². The maximum Gasteiger partial charge on any atom is 0.243 e. The van der Waals surface area contributed by atoms with Gasteiger partial charge in [0.1, 0.15) is 0 Å². The van der Waals surface area contributed by atoms with Crippen molar-refractivity contribution in [2.24, 2.45) is 0 Å². The molecule has 2 heterocycles. The van der Waals surface area contributed by atoms with E-state index in [0.29, 0.717) is 6.42 Å². The van der Waals surface area contributed by atoms with Crippen LogP contribution >= 0.6 is 0 Å². The minimum atomic E-state index is 0.127. The third-order valence-electron chi connectivity index (χ3n) is 3.74.